The van der Waals surface area contributed by atoms with Gasteiger partial charge in [0.25, 0.3) is 0 Å². The fourth-order valence-corrected chi connectivity index (χ4v) is 1.85. The van der Waals surface area contributed by atoms with Crippen molar-refractivity contribution in [2.75, 3.05) is 33.0 Å². The lowest BCUT2D eigenvalue weighted by Crippen LogP contribution is -2.59. The van der Waals surface area contributed by atoms with Crippen molar-refractivity contribution in [2.24, 2.45) is 0 Å². The summed E-state index contributed by atoms with van der Waals surface area (Å²) in [7, 11) is 0. The van der Waals surface area contributed by atoms with Gasteiger partial charge in [0.15, 0.2) is 6.29 Å². The molecule has 0 aliphatic carbocycles. The molecule has 1 heterocycles. The van der Waals surface area contributed by atoms with Gasteiger partial charge in [0.05, 0.1) is 33.0 Å². The van der Waals surface area contributed by atoms with Crippen molar-refractivity contribution in [1.29, 1.82) is 0 Å². The quantitative estimate of drug-likeness (QED) is 0.219. The smallest absolute Gasteiger partial charge is 0.186 e. The van der Waals surface area contributed by atoms with E-state index >= 15 is 0 Å². The van der Waals surface area contributed by atoms with Crippen LogP contribution in [0.5, 0.6) is 0 Å². The molecule has 1 fully saturated rings. The molecular weight excluding hydrogens is 304 g/mol. The average molecular weight is 328 g/mol. The van der Waals surface area contributed by atoms with Crippen LogP contribution in [0.25, 0.3) is 0 Å². The van der Waals surface area contributed by atoms with Crippen LogP contribution in [0.2, 0.25) is 0 Å². The molecule has 7 N–H and O–H groups in total. The molecule has 0 spiro atoms. The van der Waals surface area contributed by atoms with E-state index in [1.807, 2.05) is 0 Å². The maximum absolute atomic E-state index is 9.70. The highest BCUT2D eigenvalue weighted by Crippen LogP contribution is 2.21. The van der Waals surface area contributed by atoms with Crippen molar-refractivity contribution in [3.8, 4) is 0 Å². The largest absolute Gasteiger partial charge is 0.394 e. The van der Waals surface area contributed by atoms with Crippen molar-refractivity contribution in [1.82, 2.24) is 0 Å². The fraction of sp³-hybridized carbons (Fsp3) is 1.00. The van der Waals surface area contributed by atoms with Gasteiger partial charge < -0.3 is 50.0 Å². The Hall–Kier alpha value is -0.400. The van der Waals surface area contributed by atoms with E-state index < -0.39 is 56.1 Å². The Balaban J connectivity index is 2.33. The van der Waals surface area contributed by atoms with E-state index in [9.17, 15) is 20.4 Å². The van der Waals surface area contributed by atoms with E-state index in [1.165, 1.54) is 0 Å². The summed E-state index contributed by atoms with van der Waals surface area (Å²) in [5.41, 5.74) is 0. The van der Waals surface area contributed by atoms with E-state index in [4.69, 9.17) is 29.5 Å². The van der Waals surface area contributed by atoms with E-state index in [1.54, 1.807) is 0 Å². The molecule has 0 aromatic carbocycles. The monoisotopic (exact) mass is 328 g/mol. The van der Waals surface area contributed by atoms with Crippen LogP contribution in [-0.2, 0) is 14.2 Å². The topological polar surface area (TPSA) is 169 Å². The number of aliphatic hydroxyl groups is 7. The Kier molecular flexibility index (Phi) is 8.64. The lowest BCUT2D eigenvalue weighted by Gasteiger charge is -2.39. The molecule has 1 rings (SSSR count). The number of aliphatic hydroxyl groups excluding tert-OH is 7. The second-order valence-corrected chi connectivity index (χ2v) is 5.06. The predicted octanol–water partition coefficient (Wildman–Crippen LogP) is -4.47. The molecule has 132 valence electrons. The normalized spacial score (nSPS) is 35.3. The van der Waals surface area contributed by atoms with Gasteiger partial charge in [0.1, 0.15) is 36.6 Å². The molecule has 1 saturated heterocycles. The molecule has 22 heavy (non-hydrogen) atoms. The van der Waals surface area contributed by atoms with Gasteiger partial charge >= 0.3 is 0 Å². The predicted molar refractivity (Wildman–Crippen MR) is 69.6 cm³/mol. The van der Waals surface area contributed by atoms with Gasteiger partial charge in [-0.1, -0.05) is 0 Å². The molecule has 0 aromatic heterocycles. The second-order valence-electron chi connectivity index (χ2n) is 5.06. The lowest BCUT2D eigenvalue weighted by molar-refractivity contribution is -0.305. The zero-order valence-corrected chi connectivity index (χ0v) is 11.9. The van der Waals surface area contributed by atoms with Crippen LogP contribution in [0, 0.1) is 0 Å². The molecule has 0 saturated carbocycles. The summed E-state index contributed by atoms with van der Waals surface area (Å²) >= 11 is 0. The van der Waals surface area contributed by atoms with Gasteiger partial charge in [0.2, 0.25) is 0 Å². The summed E-state index contributed by atoms with van der Waals surface area (Å²) in [6.07, 6.45) is -9.12. The first kappa shape index (κ1) is 19.6. The summed E-state index contributed by atoms with van der Waals surface area (Å²) in [5, 5.41) is 65.0. The molecule has 0 radical (unpaired) electrons. The number of ether oxygens (including phenoxy) is 3. The van der Waals surface area contributed by atoms with E-state index in [-0.39, 0.29) is 19.8 Å². The van der Waals surface area contributed by atoms with Gasteiger partial charge in [0, 0.05) is 0 Å². The molecular formula is C12H24O10. The zero-order valence-electron chi connectivity index (χ0n) is 11.9. The molecule has 3 unspecified atom stereocenters. The third kappa shape index (κ3) is 5.66. The van der Waals surface area contributed by atoms with Gasteiger partial charge in [-0.2, -0.15) is 0 Å². The Labute approximate surface area is 127 Å². The van der Waals surface area contributed by atoms with Gasteiger partial charge in [-0.3, -0.25) is 0 Å². The van der Waals surface area contributed by atoms with E-state index in [0.717, 1.165) is 0 Å². The molecule has 1 aliphatic rings. The van der Waals surface area contributed by atoms with Crippen LogP contribution in [0.4, 0.5) is 0 Å². The third-order valence-electron chi connectivity index (χ3n) is 3.13. The molecule has 0 amide bonds. The van der Waals surface area contributed by atoms with Crippen molar-refractivity contribution in [3.05, 3.63) is 0 Å². The second kappa shape index (κ2) is 9.67. The molecule has 0 bridgehead atoms. The van der Waals surface area contributed by atoms with Crippen molar-refractivity contribution < 1.29 is 50.0 Å². The minimum atomic E-state index is -1.55. The first-order valence-electron chi connectivity index (χ1n) is 6.87. The first-order chi connectivity index (χ1) is 10.4. The minimum Gasteiger partial charge on any atom is -0.394 e. The van der Waals surface area contributed by atoms with E-state index in [0.29, 0.717) is 0 Å². The first-order valence-corrected chi connectivity index (χ1v) is 6.87. The summed E-state index contributed by atoms with van der Waals surface area (Å²) in [4.78, 5) is 0. The van der Waals surface area contributed by atoms with Crippen molar-refractivity contribution >= 4 is 0 Å². The fourth-order valence-electron chi connectivity index (χ4n) is 1.85. The SMILES string of the molecule is OCC(O)COCC(O)COC1O[C@H](CO)[C@H](O)[C@H](O)[C@H]1O. The Morgan fingerprint density at radius 3 is 2.09 bits per heavy atom. The molecule has 0 aromatic rings. The molecule has 10 nitrogen and oxygen atoms in total. The molecule has 7 atom stereocenters. The van der Waals surface area contributed by atoms with Crippen LogP contribution in [0.1, 0.15) is 0 Å². The highest BCUT2D eigenvalue weighted by atomic mass is 16.7. The highest BCUT2D eigenvalue weighted by molar-refractivity contribution is 4.88. The minimum absolute atomic E-state index is 0.159. The lowest BCUT2D eigenvalue weighted by atomic mass is 9.99. The van der Waals surface area contributed by atoms with Gasteiger partial charge in [-0.15, -0.1) is 0 Å². The van der Waals surface area contributed by atoms with Crippen LogP contribution < -0.4 is 0 Å². The Morgan fingerprint density at radius 2 is 1.50 bits per heavy atom. The van der Waals surface area contributed by atoms with E-state index in [2.05, 4.69) is 0 Å². The summed E-state index contributed by atoms with van der Waals surface area (Å²) < 4.78 is 15.1. The summed E-state index contributed by atoms with van der Waals surface area (Å²) in [6.45, 7) is -1.69. The maximum Gasteiger partial charge on any atom is 0.186 e. The number of hydrogen-bond acceptors (Lipinski definition) is 10. The average Bonchev–Trinajstić information content (AvgIpc) is 2.51. The van der Waals surface area contributed by atoms with Crippen LogP contribution in [0.3, 0.4) is 0 Å². The van der Waals surface area contributed by atoms with Crippen molar-refractivity contribution in [2.45, 2.75) is 42.9 Å². The third-order valence-corrected chi connectivity index (χ3v) is 3.13. The number of rotatable bonds is 9. The Morgan fingerprint density at radius 1 is 0.864 bits per heavy atom. The van der Waals surface area contributed by atoms with Crippen molar-refractivity contribution in [3.63, 3.8) is 0 Å². The standard InChI is InChI=1S/C12H24O10/c13-1-6(15)3-20-4-7(16)5-21-12-11(19)10(18)9(17)8(2-14)22-12/h6-19H,1-5H2/t6?,7?,8-,9+,10+,11-,12?/m1/s1. The number of hydrogen-bond donors (Lipinski definition) is 7. The summed E-state index contributed by atoms with van der Waals surface area (Å²) in [6, 6.07) is 0. The van der Waals surface area contributed by atoms with Crippen LogP contribution >= 0.6 is 0 Å². The van der Waals surface area contributed by atoms with Crippen LogP contribution in [0.15, 0.2) is 0 Å². The van der Waals surface area contributed by atoms with Gasteiger partial charge in [-0.05, 0) is 0 Å². The highest BCUT2D eigenvalue weighted by Gasteiger charge is 2.44. The maximum atomic E-state index is 9.70. The molecule has 10 heteroatoms. The summed E-state index contributed by atoms with van der Waals surface area (Å²) in [5.74, 6) is 0. The van der Waals surface area contributed by atoms with Crippen LogP contribution in [-0.4, -0.2) is 112 Å². The zero-order chi connectivity index (χ0) is 16.7. The van der Waals surface area contributed by atoms with Gasteiger partial charge in [-0.25, -0.2) is 0 Å². The Bertz CT molecular complexity index is 302. The molecule has 1 aliphatic heterocycles.